The normalized spacial score (nSPS) is 53.7. The average molecular weight is 343 g/mol. The van der Waals surface area contributed by atoms with Crippen molar-refractivity contribution >= 4 is 0 Å². The van der Waals surface area contributed by atoms with Crippen molar-refractivity contribution in [3.63, 3.8) is 0 Å². The van der Waals surface area contributed by atoms with Gasteiger partial charge in [0.25, 0.3) is 0 Å². The topological polar surface area (TPSA) is 190 Å². The van der Waals surface area contributed by atoms with E-state index in [1.807, 2.05) is 0 Å². The van der Waals surface area contributed by atoms with E-state index in [9.17, 15) is 40.9 Å². The molecular weight excluding hydrogens is 320 g/mol. The molecule has 0 radical (unpaired) electrons. The minimum Gasteiger partial charge on any atom is -0.394 e. The summed E-state index contributed by atoms with van der Waals surface area (Å²) in [6.07, 6.45) is -16.8. The second-order valence-electron chi connectivity index (χ2n) is 5.42. The maximum absolute atomic E-state index is 9.96. The van der Waals surface area contributed by atoms with Gasteiger partial charge in [-0.1, -0.05) is 0 Å². The van der Waals surface area contributed by atoms with E-state index in [4.69, 9.17) is 15.6 Å². The van der Waals surface area contributed by atoms with Crippen LogP contribution in [-0.4, -0.2) is 115 Å². The summed E-state index contributed by atoms with van der Waals surface area (Å²) >= 11 is 0. The first-order valence-corrected chi connectivity index (χ1v) is 6.95. The van der Waals surface area contributed by atoms with Gasteiger partial charge in [0.15, 0.2) is 12.6 Å². The lowest BCUT2D eigenvalue weighted by molar-refractivity contribution is -0.355. The summed E-state index contributed by atoms with van der Waals surface area (Å²) in [7, 11) is 0. The Balaban J connectivity index is 2.14. The Morgan fingerprint density at radius 1 is 0.783 bits per heavy atom. The van der Waals surface area contributed by atoms with Gasteiger partial charge in [-0.15, -0.1) is 0 Å². The highest BCUT2D eigenvalue weighted by Crippen LogP contribution is 2.28. The van der Waals surface area contributed by atoms with Crippen molar-refractivity contribution in [1.29, 1.82) is 0 Å². The van der Waals surface area contributed by atoms with Crippen LogP contribution >= 0.6 is 0 Å². The van der Waals surface area contributed by atoms with Crippen LogP contribution in [0.25, 0.3) is 0 Å². The minimum absolute atomic E-state index is 0.718. The summed E-state index contributed by atoms with van der Waals surface area (Å²) in [6.45, 7) is -2.67. The first-order valence-electron chi connectivity index (χ1n) is 7.52. The number of hydrogen-bond donors (Lipinski definition) is 8. The molecule has 136 valence electrons. The molecule has 2 fully saturated rings. The molecule has 2 heterocycles. The predicted octanol–water partition coefficient (Wildman–Crippen LogP) is -5.40. The van der Waals surface area contributed by atoms with Crippen LogP contribution in [0.5, 0.6) is 0 Å². The molecule has 0 amide bonds. The van der Waals surface area contributed by atoms with Crippen molar-refractivity contribution in [1.82, 2.24) is 0 Å². The third kappa shape index (κ3) is 3.65. The molecule has 2 unspecified atom stereocenters. The number of hydrogen-bond acceptors (Lipinski definition) is 11. The van der Waals surface area contributed by atoms with Crippen LogP contribution in [-0.2, 0) is 14.2 Å². The van der Waals surface area contributed by atoms with Crippen LogP contribution in [0.3, 0.4) is 0 Å². The van der Waals surface area contributed by atoms with E-state index in [2.05, 4.69) is 0 Å². The van der Waals surface area contributed by atoms with Crippen molar-refractivity contribution in [2.45, 2.75) is 61.4 Å². The van der Waals surface area contributed by atoms with Gasteiger partial charge in [0, 0.05) is 0 Å². The zero-order chi connectivity index (χ0) is 18.2. The highest BCUT2D eigenvalue weighted by atomic mass is 16.7. The van der Waals surface area contributed by atoms with Crippen molar-refractivity contribution in [3.8, 4) is 0 Å². The molecule has 0 aromatic rings. The highest BCUT2D eigenvalue weighted by molar-refractivity contribution is 4.93. The molecule has 0 aromatic carbocycles. The van der Waals surface area contributed by atoms with Crippen LogP contribution in [0.15, 0.2) is 0 Å². The summed E-state index contributed by atoms with van der Waals surface area (Å²) in [5, 5.41) is 76.8. The quantitative estimate of drug-likeness (QED) is 0.243. The maximum atomic E-state index is 9.96. The smallest absolute Gasteiger partial charge is 0.187 e. The van der Waals surface area contributed by atoms with Gasteiger partial charge in [-0.25, -0.2) is 0 Å². The van der Waals surface area contributed by atoms with Gasteiger partial charge < -0.3 is 55.1 Å². The molecular formula is C12H22O11. The van der Waals surface area contributed by atoms with Crippen LogP contribution in [0, 0.1) is 0 Å². The molecule has 11 nitrogen and oxygen atoms in total. The molecule has 2 aliphatic heterocycles. The first kappa shape index (κ1) is 17.4. The lowest BCUT2D eigenvalue weighted by Crippen LogP contribution is -2.64. The molecule has 2 saturated heterocycles. The van der Waals surface area contributed by atoms with Gasteiger partial charge >= 0.3 is 0 Å². The molecule has 23 heavy (non-hydrogen) atoms. The van der Waals surface area contributed by atoms with Crippen molar-refractivity contribution in [2.24, 2.45) is 0 Å². The van der Waals surface area contributed by atoms with Gasteiger partial charge in [-0.3, -0.25) is 0 Å². The summed E-state index contributed by atoms with van der Waals surface area (Å²) in [5.41, 5.74) is 0. The highest BCUT2D eigenvalue weighted by Gasteiger charge is 2.50. The van der Waals surface area contributed by atoms with E-state index in [1.54, 1.807) is 0 Å². The fourth-order valence-electron chi connectivity index (χ4n) is 2.50. The van der Waals surface area contributed by atoms with Crippen molar-refractivity contribution in [3.05, 3.63) is 0 Å². The number of aliphatic hydroxyl groups is 8. The van der Waals surface area contributed by atoms with E-state index < -0.39 is 74.6 Å². The third-order valence-corrected chi connectivity index (χ3v) is 3.88. The number of ether oxygens (including phenoxy) is 3. The molecule has 0 bridgehead atoms. The molecule has 2 aliphatic rings. The molecule has 8 N–H and O–H groups in total. The Kier molecular flexibility index (Phi) is 5.77. The molecule has 0 saturated carbocycles. The van der Waals surface area contributed by atoms with Gasteiger partial charge in [0.1, 0.15) is 48.8 Å². The zero-order valence-electron chi connectivity index (χ0n) is 12.9. The fraction of sp³-hybridized carbons (Fsp3) is 1.00. The largest absolute Gasteiger partial charge is 0.394 e. The monoisotopic (exact) mass is 343 g/mol. The first-order chi connectivity index (χ1) is 11.2. The predicted molar refractivity (Wildman–Crippen MR) is 68.6 cm³/mol. The van der Waals surface area contributed by atoms with E-state index in [-0.39, 0.29) is 0 Å². The molecule has 0 aliphatic carbocycles. The Morgan fingerprint density at radius 2 is 1.43 bits per heavy atom. The van der Waals surface area contributed by atoms with Gasteiger partial charge in [-0.2, -0.15) is 0 Å². The van der Waals surface area contributed by atoms with E-state index in [1.165, 1.54) is 0 Å². The summed E-state index contributed by atoms with van der Waals surface area (Å²) in [4.78, 5) is 0. The van der Waals surface area contributed by atoms with Crippen LogP contribution in [0.2, 0.25) is 0 Å². The Bertz CT molecular complexity index is 410. The van der Waals surface area contributed by atoms with Gasteiger partial charge in [0.05, 0.1) is 14.6 Å². The van der Waals surface area contributed by atoms with Crippen molar-refractivity contribution in [2.75, 3.05) is 13.2 Å². The SMILES string of the molecule is [2H]C(O)[C@H]1O[C@@H](O[C@H]2[C@H](O)[C@@H](O)C(O)O[C@@H]2CO)[C@H](O)[C@@H](O)[C@H]1O. The Hall–Kier alpha value is -0.440. The van der Waals surface area contributed by atoms with Crippen molar-refractivity contribution < 1.29 is 56.4 Å². The number of rotatable bonds is 4. The maximum Gasteiger partial charge on any atom is 0.187 e. The second kappa shape index (κ2) is 7.63. The van der Waals surface area contributed by atoms with Crippen LogP contribution in [0.4, 0.5) is 0 Å². The second-order valence-corrected chi connectivity index (χ2v) is 5.42. The summed E-state index contributed by atoms with van der Waals surface area (Å²) in [6, 6.07) is 0. The van der Waals surface area contributed by atoms with E-state index in [0.29, 0.717) is 0 Å². The molecule has 0 aromatic heterocycles. The standard InChI is InChI=1S/C12H22O11/c13-1-3-5(15)6(16)9(19)12(22-3)23-10-4(2-14)21-11(20)8(18)7(10)17/h3-20H,1-2H2/t3-,4-,5+,6+,7-,8-,9-,10-,11?,12+/m1/s1/i1D/t1?,3-,4-,5+,6+,7-,8-,9-,10-,11?,12+. The molecule has 2 rings (SSSR count). The third-order valence-electron chi connectivity index (χ3n) is 3.88. The summed E-state index contributed by atoms with van der Waals surface area (Å²) in [5.74, 6) is 0. The van der Waals surface area contributed by atoms with Crippen LogP contribution < -0.4 is 0 Å². The lowest BCUT2D eigenvalue weighted by Gasteiger charge is -2.45. The Morgan fingerprint density at radius 3 is 2.00 bits per heavy atom. The molecule has 11 heteroatoms. The molecule has 0 spiro atoms. The van der Waals surface area contributed by atoms with E-state index in [0.717, 1.165) is 0 Å². The Labute approximate surface area is 132 Å². The lowest BCUT2D eigenvalue weighted by atomic mass is 9.97. The van der Waals surface area contributed by atoms with Crippen LogP contribution in [0.1, 0.15) is 1.37 Å². The molecule has 11 atom stereocenters. The minimum atomic E-state index is -1.96. The fourth-order valence-corrected chi connectivity index (χ4v) is 2.50. The van der Waals surface area contributed by atoms with Gasteiger partial charge in [-0.05, 0) is 0 Å². The zero-order valence-corrected chi connectivity index (χ0v) is 11.9. The number of aliphatic hydroxyl groups excluding tert-OH is 8. The summed E-state index contributed by atoms with van der Waals surface area (Å²) < 4.78 is 22.3. The average Bonchev–Trinajstić information content (AvgIpc) is 2.54. The van der Waals surface area contributed by atoms with E-state index >= 15 is 0 Å². The van der Waals surface area contributed by atoms with Gasteiger partial charge in [0.2, 0.25) is 0 Å².